The number of carbonyl (C=O) groups excluding carboxylic acids is 1. The van der Waals surface area contributed by atoms with Gasteiger partial charge in [-0.05, 0) is 43.5 Å². The number of hydrogen-bond acceptors (Lipinski definition) is 2. The van der Waals surface area contributed by atoms with Gasteiger partial charge in [0.1, 0.15) is 5.82 Å². The first-order chi connectivity index (χ1) is 11.2. The van der Waals surface area contributed by atoms with Gasteiger partial charge in [-0.1, -0.05) is 24.3 Å². The molecule has 2 amide bonds. The van der Waals surface area contributed by atoms with Crippen molar-refractivity contribution in [1.29, 1.82) is 0 Å². The van der Waals surface area contributed by atoms with Crippen LogP contribution < -0.4 is 15.5 Å². The average molecular weight is 313 g/mol. The molecule has 0 unspecified atom stereocenters. The van der Waals surface area contributed by atoms with Crippen LogP contribution in [0.4, 0.5) is 26.2 Å². The van der Waals surface area contributed by atoms with Gasteiger partial charge in [0.25, 0.3) is 0 Å². The molecule has 1 fully saturated rings. The molecule has 120 valence electrons. The first kappa shape index (κ1) is 15.3. The second kappa shape index (κ2) is 7.13. The molecule has 1 heterocycles. The van der Waals surface area contributed by atoms with Crippen molar-refractivity contribution in [1.82, 2.24) is 0 Å². The lowest BCUT2D eigenvalue weighted by Crippen LogP contribution is -2.31. The van der Waals surface area contributed by atoms with E-state index in [0.717, 1.165) is 37.3 Å². The maximum atomic E-state index is 13.6. The van der Waals surface area contributed by atoms with Gasteiger partial charge in [-0.3, -0.25) is 0 Å². The molecule has 23 heavy (non-hydrogen) atoms. The van der Waals surface area contributed by atoms with E-state index in [-0.39, 0.29) is 5.69 Å². The highest BCUT2D eigenvalue weighted by Gasteiger charge is 2.15. The number of amides is 2. The maximum Gasteiger partial charge on any atom is 0.323 e. The summed E-state index contributed by atoms with van der Waals surface area (Å²) < 4.78 is 13.6. The van der Waals surface area contributed by atoms with Crippen LogP contribution in [0.25, 0.3) is 0 Å². The summed E-state index contributed by atoms with van der Waals surface area (Å²) in [5, 5.41) is 5.37. The van der Waals surface area contributed by atoms with E-state index in [2.05, 4.69) is 15.5 Å². The Bertz CT molecular complexity index is 683. The number of rotatable bonds is 3. The lowest BCUT2D eigenvalue weighted by atomic mass is 10.1. The van der Waals surface area contributed by atoms with Crippen molar-refractivity contribution in [3.05, 3.63) is 54.3 Å². The number of hydrogen-bond donors (Lipinski definition) is 2. The Morgan fingerprint density at radius 1 is 0.870 bits per heavy atom. The predicted octanol–water partition coefficient (Wildman–Crippen LogP) is 4.46. The van der Waals surface area contributed by atoms with E-state index < -0.39 is 11.8 Å². The SMILES string of the molecule is O=C(Nc1ccccc1F)Nc1ccccc1N1CCCCC1. The molecule has 1 aliphatic heterocycles. The van der Waals surface area contributed by atoms with Crippen LogP contribution in [-0.2, 0) is 0 Å². The summed E-state index contributed by atoms with van der Waals surface area (Å²) in [5.41, 5.74) is 1.92. The first-order valence-corrected chi connectivity index (χ1v) is 7.90. The molecule has 0 aromatic heterocycles. The fourth-order valence-corrected chi connectivity index (χ4v) is 2.83. The zero-order valence-electron chi connectivity index (χ0n) is 12.9. The minimum atomic E-state index is -0.452. The van der Waals surface area contributed by atoms with Gasteiger partial charge in [0, 0.05) is 13.1 Å². The molecule has 3 rings (SSSR count). The molecular weight excluding hydrogens is 293 g/mol. The molecule has 2 aromatic rings. The molecule has 4 nitrogen and oxygen atoms in total. The topological polar surface area (TPSA) is 44.4 Å². The Balaban J connectivity index is 1.72. The Morgan fingerprint density at radius 2 is 1.48 bits per heavy atom. The summed E-state index contributed by atoms with van der Waals surface area (Å²) in [6, 6.07) is 13.4. The van der Waals surface area contributed by atoms with Crippen molar-refractivity contribution in [3.8, 4) is 0 Å². The highest BCUT2D eigenvalue weighted by Crippen LogP contribution is 2.28. The van der Waals surface area contributed by atoms with Crippen LogP contribution in [-0.4, -0.2) is 19.1 Å². The van der Waals surface area contributed by atoms with E-state index in [1.807, 2.05) is 24.3 Å². The number of urea groups is 1. The van der Waals surface area contributed by atoms with Gasteiger partial charge < -0.3 is 15.5 Å². The lowest BCUT2D eigenvalue weighted by Gasteiger charge is -2.30. The average Bonchev–Trinajstić information content (AvgIpc) is 2.58. The van der Waals surface area contributed by atoms with E-state index in [1.165, 1.54) is 18.6 Å². The standard InChI is InChI=1S/C18H20FN3O/c19-14-8-2-3-9-15(14)20-18(23)21-16-10-4-5-11-17(16)22-12-6-1-7-13-22/h2-5,8-11H,1,6-7,12-13H2,(H2,20,21,23). The summed E-state index contributed by atoms with van der Waals surface area (Å²) in [7, 11) is 0. The molecule has 0 saturated carbocycles. The van der Waals surface area contributed by atoms with E-state index in [4.69, 9.17) is 0 Å². The first-order valence-electron chi connectivity index (χ1n) is 7.90. The van der Waals surface area contributed by atoms with Crippen LogP contribution in [0.1, 0.15) is 19.3 Å². The van der Waals surface area contributed by atoms with Crippen LogP contribution >= 0.6 is 0 Å². The van der Waals surface area contributed by atoms with Crippen molar-refractivity contribution < 1.29 is 9.18 Å². The molecule has 0 radical (unpaired) electrons. The Morgan fingerprint density at radius 3 is 2.22 bits per heavy atom. The summed E-state index contributed by atoms with van der Waals surface area (Å²) in [6.45, 7) is 1.99. The van der Waals surface area contributed by atoms with Gasteiger partial charge in [-0.2, -0.15) is 0 Å². The minimum absolute atomic E-state index is 0.167. The van der Waals surface area contributed by atoms with Gasteiger partial charge in [-0.25, -0.2) is 9.18 Å². The predicted molar refractivity (Wildman–Crippen MR) is 91.5 cm³/mol. The molecule has 5 heteroatoms. The number of carbonyl (C=O) groups is 1. The van der Waals surface area contributed by atoms with Crippen LogP contribution in [0.3, 0.4) is 0 Å². The molecule has 2 N–H and O–H groups in total. The van der Waals surface area contributed by atoms with Crippen LogP contribution in [0.2, 0.25) is 0 Å². The number of piperidine rings is 1. The molecule has 1 aliphatic rings. The largest absolute Gasteiger partial charge is 0.370 e. The fourth-order valence-electron chi connectivity index (χ4n) is 2.83. The van der Waals surface area contributed by atoms with Crippen LogP contribution in [0, 0.1) is 5.82 Å². The van der Waals surface area contributed by atoms with E-state index in [0.29, 0.717) is 0 Å². The highest BCUT2D eigenvalue weighted by molar-refractivity contribution is 6.01. The molecule has 0 atom stereocenters. The summed E-state index contributed by atoms with van der Waals surface area (Å²) >= 11 is 0. The zero-order valence-corrected chi connectivity index (χ0v) is 12.9. The normalized spacial score (nSPS) is 14.4. The Labute approximate surface area is 135 Å². The van der Waals surface area contributed by atoms with Gasteiger partial charge in [0.15, 0.2) is 0 Å². The maximum absolute atomic E-state index is 13.6. The van der Waals surface area contributed by atoms with Crippen molar-refractivity contribution in [2.24, 2.45) is 0 Å². The summed E-state index contributed by atoms with van der Waals surface area (Å²) in [6.07, 6.45) is 3.57. The van der Waals surface area contributed by atoms with Gasteiger partial charge in [0.2, 0.25) is 0 Å². The third-order valence-electron chi connectivity index (χ3n) is 3.97. The van der Waals surface area contributed by atoms with E-state index >= 15 is 0 Å². The zero-order chi connectivity index (χ0) is 16.1. The number of halogens is 1. The smallest absolute Gasteiger partial charge is 0.323 e. The number of nitrogens with zero attached hydrogens (tertiary/aromatic N) is 1. The minimum Gasteiger partial charge on any atom is -0.370 e. The third-order valence-corrected chi connectivity index (χ3v) is 3.97. The molecular formula is C18H20FN3O. The summed E-state index contributed by atoms with van der Waals surface area (Å²) in [5.74, 6) is -0.452. The monoisotopic (exact) mass is 313 g/mol. The van der Waals surface area contributed by atoms with Gasteiger partial charge in [0.05, 0.1) is 17.1 Å². The molecule has 1 saturated heterocycles. The van der Waals surface area contributed by atoms with Crippen molar-refractivity contribution >= 4 is 23.1 Å². The number of nitrogens with one attached hydrogen (secondary N) is 2. The molecule has 0 bridgehead atoms. The number of anilines is 3. The highest BCUT2D eigenvalue weighted by atomic mass is 19.1. The van der Waals surface area contributed by atoms with Crippen molar-refractivity contribution in [3.63, 3.8) is 0 Å². The Kier molecular flexibility index (Phi) is 4.76. The lowest BCUT2D eigenvalue weighted by molar-refractivity contribution is 0.262. The fraction of sp³-hybridized carbons (Fsp3) is 0.278. The van der Waals surface area contributed by atoms with Crippen molar-refractivity contribution in [2.75, 3.05) is 28.6 Å². The second-order valence-electron chi connectivity index (χ2n) is 5.62. The second-order valence-corrected chi connectivity index (χ2v) is 5.62. The third kappa shape index (κ3) is 3.80. The van der Waals surface area contributed by atoms with Crippen molar-refractivity contribution in [2.45, 2.75) is 19.3 Å². The van der Waals surface area contributed by atoms with E-state index in [9.17, 15) is 9.18 Å². The van der Waals surface area contributed by atoms with Crippen LogP contribution in [0.5, 0.6) is 0 Å². The molecule has 2 aromatic carbocycles. The van der Waals surface area contributed by atoms with Gasteiger partial charge in [-0.15, -0.1) is 0 Å². The van der Waals surface area contributed by atoms with Gasteiger partial charge >= 0.3 is 6.03 Å². The Hall–Kier alpha value is -2.56. The summed E-state index contributed by atoms with van der Waals surface area (Å²) in [4.78, 5) is 14.4. The molecule has 0 aliphatic carbocycles. The quantitative estimate of drug-likeness (QED) is 0.878. The van der Waals surface area contributed by atoms with E-state index in [1.54, 1.807) is 12.1 Å². The number of benzene rings is 2. The van der Waals surface area contributed by atoms with Crippen LogP contribution in [0.15, 0.2) is 48.5 Å². The number of para-hydroxylation sites is 3. The molecule has 0 spiro atoms.